The lowest BCUT2D eigenvalue weighted by molar-refractivity contribution is -0.0434. The molecule has 0 saturated heterocycles. The van der Waals surface area contributed by atoms with Crippen LogP contribution in [0.5, 0.6) is 0 Å². The van der Waals surface area contributed by atoms with E-state index in [1.54, 1.807) is 0 Å². The maximum atomic E-state index is 11.6. The van der Waals surface area contributed by atoms with Crippen LogP contribution in [0.4, 0.5) is 13.2 Å². The normalized spacial score (nSPS) is 14.5. The Kier molecular flexibility index (Phi) is 3.33. The first-order valence-corrected chi connectivity index (χ1v) is 6.12. The van der Waals surface area contributed by atoms with Crippen LogP contribution in [0.3, 0.4) is 0 Å². The van der Waals surface area contributed by atoms with Crippen LogP contribution in [-0.2, 0) is 19.9 Å². The molecule has 0 radical (unpaired) electrons. The van der Waals surface area contributed by atoms with Gasteiger partial charge >= 0.3 is 5.51 Å². The second kappa shape index (κ2) is 3.42. The van der Waals surface area contributed by atoms with E-state index < -0.39 is 36.9 Å². The second-order valence-electron chi connectivity index (χ2n) is 2.13. The predicted octanol–water partition coefficient (Wildman–Crippen LogP) is -0.790. The zero-order chi connectivity index (χ0) is 10.9. The van der Waals surface area contributed by atoms with Crippen molar-refractivity contribution < 1.29 is 30.0 Å². The van der Waals surface area contributed by atoms with Gasteiger partial charge in [-0.3, -0.25) is 0 Å². The van der Waals surface area contributed by atoms with Crippen molar-refractivity contribution in [1.29, 1.82) is 0 Å². The van der Waals surface area contributed by atoms with Crippen molar-refractivity contribution >= 4 is 19.9 Å². The first-order chi connectivity index (χ1) is 5.46. The Hall–Kier alpha value is -0.350. The lowest BCUT2D eigenvalue weighted by atomic mass is 11.0. The lowest BCUT2D eigenvalue weighted by Gasteiger charge is -2.06. The van der Waals surface area contributed by atoms with E-state index in [1.807, 2.05) is 0 Å². The molecule has 0 fully saturated rings. The number of halogens is 3. The average Bonchev–Trinajstić information content (AvgIpc) is 1.79. The third kappa shape index (κ3) is 4.43. The highest BCUT2D eigenvalue weighted by Gasteiger charge is 2.45. The van der Waals surface area contributed by atoms with Gasteiger partial charge < -0.3 is 0 Å². The van der Waals surface area contributed by atoms with E-state index in [0.29, 0.717) is 0 Å². The minimum absolute atomic E-state index is 1.24. The van der Waals surface area contributed by atoms with E-state index in [-0.39, 0.29) is 0 Å². The van der Waals surface area contributed by atoms with Gasteiger partial charge in [-0.25, -0.2) is 22.0 Å². The Labute approximate surface area is 72.7 Å². The number of sulfone groups is 1. The van der Waals surface area contributed by atoms with Gasteiger partial charge in [0, 0.05) is 0 Å². The van der Waals surface area contributed by atoms with E-state index in [2.05, 4.69) is 5.14 Å². The number of rotatable bonds is 3. The summed E-state index contributed by atoms with van der Waals surface area (Å²) in [6.07, 6.45) is 0. The molecule has 0 heterocycles. The molecule has 0 amide bonds. The molecule has 2 N–H and O–H groups in total. The van der Waals surface area contributed by atoms with Crippen LogP contribution in [0.25, 0.3) is 0 Å². The Bertz CT molecular complexity index is 366. The van der Waals surface area contributed by atoms with Gasteiger partial charge in [0.25, 0.3) is 0 Å². The third-order valence-electron chi connectivity index (χ3n) is 0.989. The lowest BCUT2D eigenvalue weighted by Crippen LogP contribution is -2.31. The van der Waals surface area contributed by atoms with E-state index in [0.717, 1.165) is 0 Å². The maximum Gasteiger partial charge on any atom is 0.497 e. The minimum Gasteiger partial charge on any atom is -0.229 e. The molecule has 0 aromatic carbocycles. The number of hydrogen-bond donors (Lipinski definition) is 1. The summed E-state index contributed by atoms with van der Waals surface area (Å²) in [6, 6.07) is 0. The molecule has 0 aromatic heterocycles. The monoisotopic (exact) mass is 241 g/mol. The SMILES string of the molecule is NS(=O)(=O)CCS(=O)(=O)C(F)(F)F. The third-order valence-corrected chi connectivity index (χ3v) is 3.47. The molecule has 13 heavy (non-hydrogen) atoms. The van der Waals surface area contributed by atoms with Crippen molar-refractivity contribution in [2.45, 2.75) is 5.51 Å². The van der Waals surface area contributed by atoms with Crippen LogP contribution in [0.15, 0.2) is 0 Å². The van der Waals surface area contributed by atoms with Gasteiger partial charge in [0.15, 0.2) is 0 Å². The fourth-order valence-electron chi connectivity index (χ4n) is 0.342. The summed E-state index contributed by atoms with van der Waals surface area (Å²) in [7, 11) is -9.59. The van der Waals surface area contributed by atoms with Gasteiger partial charge in [0.1, 0.15) is 0 Å². The molecular weight excluding hydrogens is 235 g/mol. The van der Waals surface area contributed by atoms with Gasteiger partial charge in [-0.05, 0) is 0 Å². The van der Waals surface area contributed by atoms with E-state index in [9.17, 15) is 30.0 Å². The highest BCUT2D eigenvalue weighted by Crippen LogP contribution is 2.23. The minimum atomic E-state index is -5.43. The first kappa shape index (κ1) is 12.7. The molecule has 0 atom stereocenters. The Morgan fingerprint density at radius 1 is 1.00 bits per heavy atom. The van der Waals surface area contributed by atoms with Crippen molar-refractivity contribution in [3.05, 3.63) is 0 Å². The van der Waals surface area contributed by atoms with Gasteiger partial charge in [-0.1, -0.05) is 0 Å². The summed E-state index contributed by atoms with van der Waals surface area (Å²) in [6.45, 7) is 0. The number of hydrogen-bond acceptors (Lipinski definition) is 4. The molecular formula is C3H6F3NO4S2. The summed E-state index contributed by atoms with van der Waals surface area (Å²) in [5.74, 6) is -2.79. The summed E-state index contributed by atoms with van der Waals surface area (Å²) in [4.78, 5) is 0. The van der Waals surface area contributed by atoms with Crippen LogP contribution in [0.1, 0.15) is 0 Å². The molecule has 0 aliphatic rings. The summed E-state index contributed by atoms with van der Waals surface area (Å²) in [5, 5.41) is 4.33. The van der Waals surface area contributed by atoms with Crippen molar-refractivity contribution in [3.63, 3.8) is 0 Å². The number of alkyl halides is 3. The quantitative estimate of drug-likeness (QED) is 0.700. The summed E-state index contributed by atoms with van der Waals surface area (Å²) < 4.78 is 75.6. The molecule has 80 valence electrons. The average molecular weight is 241 g/mol. The largest absolute Gasteiger partial charge is 0.497 e. The van der Waals surface area contributed by atoms with E-state index in [4.69, 9.17) is 0 Å². The Balaban J connectivity index is 4.59. The molecule has 0 aliphatic carbocycles. The van der Waals surface area contributed by atoms with Gasteiger partial charge in [-0.15, -0.1) is 0 Å². The highest BCUT2D eigenvalue weighted by atomic mass is 32.2. The number of sulfonamides is 1. The smallest absolute Gasteiger partial charge is 0.229 e. The van der Waals surface area contributed by atoms with Gasteiger partial charge in [0.2, 0.25) is 19.9 Å². The van der Waals surface area contributed by atoms with Crippen LogP contribution in [-0.4, -0.2) is 33.8 Å². The van der Waals surface area contributed by atoms with Crippen molar-refractivity contribution in [2.75, 3.05) is 11.5 Å². The summed E-state index contributed by atoms with van der Waals surface area (Å²) in [5.41, 5.74) is -5.43. The molecule has 0 bridgehead atoms. The fraction of sp³-hybridized carbons (Fsp3) is 1.00. The molecule has 0 rings (SSSR count). The topological polar surface area (TPSA) is 94.3 Å². The molecule has 5 nitrogen and oxygen atoms in total. The van der Waals surface area contributed by atoms with Crippen molar-refractivity contribution in [1.82, 2.24) is 0 Å². The standard InChI is InChI=1S/C3H6F3NO4S2/c4-3(5,6)12(8,9)1-2-13(7,10)11/h1-2H2,(H2,7,10,11). The molecule has 0 unspecified atom stereocenters. The Morgan fingerprint density at radius 2 is 1.38 bits per heavy atom. The van der Waals surface area contributed by atoms with E-state index >= 15 is 0 Å². The van der Waals surface area contributed by atoms with Crippen LogP contribution in [0.2, 0.25) is 0 Å². The molecule has 0 aliphatic heterocycles. The van der Waals surface area contributed by atoms with Crippen LogP contribution < -0.4 is 5.14 Å². The number of primary sulfonamides is 1. The highest BCUT2D eigenvalue weighted by molar-refractivity contribution is 7.94. The fourth-order valence-corrected chi connectivity index (χ4v) is 2.38. The van der Waals surface area contributed by atoms with Gasteiger partial charge in [0.05, 0.1) is 11.5 Å². The second-order valence-corrected chi connectivity index (χ2v) is 5.97. The molecule has 0 aromatic rings. The zero-order valence-corrected chi connectivity index (χ0v) is 7.71. The van der Waals surface area contributed by atoms with Crippen molar-refractivity contribution in [2.24, 2.45) is 5.14 Å². The number of nitrogens with two attached hydrogens (primary N) is 1. The molecule has 10 heteroatoms. The summed E-state index contributed by atoms with van der Waals surface area (Å²) >= 11 is 0. The van der Waals surface area contributed by atoms with E-state index in [1.165, 1.54) is 0 Å². The molecule has 0 spiro atoms. The van der Waals surface area contributed by atoms with Crippen molar-refractivity contribution in [3.8, 4) is 0 Å². The molecule has 0 saturated carbocycles. The zero-order valence-electron chi connectivity index (χ0n) is 6.07. The van der Waals surface area contributed by atoms with Crippen LogP contribution in [0, 0.1) is 0 Å². The first-order valence-electron chi connectivity index (χ1n) is 2.75. The van der Waals surface area contributed by atoms with Gasteiger partial charge in [-0.2, -0.15) is 13.2 Å². The van der Waals surface area contributed by atoms with Crippen LogP contribution >= 0.6 is 0 Å². The predicted molar refractivity (Wildman–Crippen MR) is 37.8 cm³/mol. The maximum absolute atomic E-state index is 11.6. The Morgan fingerprint density at radius 3 is 1.62 bits per heavy atom.